The van der Waals surface area contributed by atoms with E-state index in [2.05, 4.69) is 11.8 Å². The summed E-state index contributed by atoms with van der Waals surface area (Å²) in [5.41, 5.74) is 6.01. The Hall–Kier alpha value is -0.120. The zero-order chi connectivity index (χ0) is 13.7. The van der Waals surface area contributed by atoms with Crippen molar-refractivity contribution in [2.24, 2.45) is 23.5 Å². The minimum absolute atomic E-state index is 0.349. The molecule has 2 aliphatic rings. The predicted molar refractivity (Wildman–Crippen MR) is 80.0 cm³/mol. The molecule has 0 bridgehead atoms. The van der Waals surface area contributed by atoms with Crippen molar-refractivity contribution in [1.82, 2.24) is 4.90 Å². The average molecular weight is 268 g/mol. The molecule has 1 heterocycles. The molecule has 1 saturated carbocycles. The maximum Gasteiger partial charge on any atom is 0.0434 e. The Labute approximate surface area is 118 Å². The van der Waals surface area contributed by atoms with Crippen LogP contribution >= 0.6 is 0 Å². The predicted octanol–water partition coefficient (Wildman–Crippen LogP) is 2.23. The fraction of sp³-hybridized carbons (Fsp3) is 1.00. The second kappa shape index (κ2) is 7.61. The molecule has 0 aromatic carbocycles. The molecule has 19 heavy (non-hydrogen) atoms. The van der Waals surface area contributed by atoms with Crippen LogP contribution in [0.25, 0.3) is 0 Å². The molecule has 3 heteroatoms. The quantitative estimate of drug-likeness (QED) is 0.777. The first-order valence-corrected chi connectivity index (χ1v) is 8.33. The van der Waals surface area contributed by atoms with Crippen LogP contribution in [0.3, 0.4) is 0 Å². The molecule has 2 fully saturated rings. The lowest BCUT2D eigenvalue weighted by Gasteiger charge is -2.41. The minimum atomic E-state index is 0.349. The molecule has 1 saturated heterocycles. The third-order valence-corrected chi connectivity index (χ3v) is 5.39. The van der Waals surface area contributed by atoms with Gasteiger partial charge in [0.15, 0.2) is 0 Å². The van der Waals surface area contributed by atoms with Gasteiger partial charge in [0.1, 0.15) is 0 Å². The molecule has 1 aliphatic heterocycles. The molecular formula is C16H32N2O. The monoisotopic (exact) mass is 268 g/mol. The van der Waals surface area contributed by atoms with E-state index < -0.39 is 0 Å². The number of hydrogen-bond donors (Lipinski definition) is 2. The summed E-state index contributed by atoms with van der Waals surface area (Å²) in [6.45, 7) is 5.93. The van der Waals surface area contributed by atoms with Gasteiger partial charge in [-0.3, -0.25) is 4.90 Å². The van der Waals surface area contributed by atoms with Crippen molar-refractivity contribution in [2.75, 3.05) is 26.2 Å². The van der Waals surface area contributed by atoms with E-state index in [1.165, 1.54) is 51.6 Å². The fourth-order valence-electron chi connectivity index (χ4n) is 4.27. The van der Waals surface area contributed by atoms with Gasteiger partial charge < -0.3 is 10.8 Å². The molecule has 0 radical (unpaired) electrons. The first-order valence-electron chi connectivity index (χ1n) is 8.33. The maximum atomic E-state index is 9.09. The van der Waals surface area contributed by atoms with Gasteiger partial charge in [0.25, 0.3) is 0 Å². The number of aliphatic hydroxyl groups is 1. The molecule has 4 atom stereocenters. The zero-order valence-corrected chi connectivity index (χ0v) is 12.6. The molecule has 0 aromatic heterocycles. The molecule has 2 rings (SSSR count). The molecule has 0 amide bonds. The Morgan fingerprint density at radius 3 is 2.68 bits per heavy atom. The Balaban J connectivity index is 1.91. The van der Waals surface area contributed by atoms with Crippen LogP contribution in [-0.2, 0) is 0 Å². The Kier molecular flexibility index (Phi) is 6.11. The summed E-state index contributed by atoms with van der Waals surface area (Å²) in [6, 6.07) is 0.721. The summed E-state index contributed by atoms with van der Waals surface area (Å²) in [5, 5.41) is 9.09. The van der Waals surface area contributed by atoms with Crippen LogP contribution in [0.5, 0.6) is 0 Å². The van der Waals surface area contributed by atoms with Gasteiger partial charge in [-0.15, -0.1) is 0 Å². The van der Waals surface area contributed by atoms with Crippen molar-refractivity contribution >= 4 is 0 Å². The highest BCUT2D eigenvalue weighted by atomic mass is 16.3. The lowest BCUT2D eigenvalue weighted by molar-refractivity contribution is 0.0942. The Bertz CT molecular complexity index is 259. The second-order valence-electron chi connectivity index (χ2n) is 6.69. The Morgan fingerprint density at radius 1 is 1.16 bits per heavy atom. The molecule has 0 spiro atoms. The van der Waals surface area contributed by atoms with Crippen LogP contribution < -0.4 is 5.73 Å². The molecular weight excluding hydrogens is 236 g/mol. The van der Waals surface area contributed by atoms with E-state index >= 15 is 0 Å². The van der Waals surface area contributed by atoms with Crippen LogP contribution in [0.4, 0.5) is 0 Å². The fourth-order valence-corrected chi connectivity index (χ4v) is 4.27. The normalized spacial score (nSPS) is 36.8. The smallest absolute Gasteiger partial charge is 0.0434 e. The van der Waals surface area contributed by atoms with Gasteiger partial charge in [0, 0.05) is 19.2 Å². The summed E-state index contributed by atoms with van der Waals surface area (Å²) in [5.74, 6) is 2.35. The van der Waals surface area contributed by atoms with E-state index in [0.29, 0.717) is 12.5 Å². The van der Waals surface area contributed by atoms with Crippen molar-refractivity contribution in [2.45, 2.75) is 57.9 Å². The maximum absolute atomic E-state index is 9.09. The third kappa shape index (κ3) is 3.93. The summed E-state index contributed by atoms with van der Waals surface area (Å²) < 4.78 is 0. The van der Waals surface area contributed by atoms with Crippen LogP contribution in [-0.4, -0.2) is 42.3 Å². The summed E-state index contributed by atoms with van der Waals surface area (Å²) in [7, 11) is 0. The molecule has 112 valence electrons. The molecule has 3 N–H and O–H groups in total. The van der Waals surface area contributed by atoms with Crippen LogP contribution in [0.2, 0.25) is 0 Å². The van der Waals surface area contributed by atoms with Gasteiger partial charge in [-0.1, -0.05) is 26.2 Å². The lowest BCUT2D eigenvalue weighted by atomic mass is 9.76. The van der Waals surface area contributed by atoms with Crippen LogP contribution in [0.1, 0.15) is 51.9 Å². The summed E-state index contributed by atoms with van der Waals surface area (Å²) in [6.07, 6.45) is 9.04. The van der Waals surface area contributed by atoms with Gasteiger partial charge in [0.05, 0.1) is 0 Å². The van der Waals surface area contributed by atoms with Gasteiger partial charge in [-0.2, -0.15) is 0 Å². The Morgan fingerprint density at radius 2 is 2.00 bits per heavy atom. The standard InChI is InChI=1S/C16H32N2O/c1-2-3-13-4-5-15(11-17)16(10-13)18-8-6-14(12-18)7-9-19/h13-16,19H,2-12,17H2,1H3. The van der Waals surface area contributed by atoms with Gasteiger partial charge >= 0.3 is 0 Å². The topological polar surface area (TPSA) is 49.5 Å². The van der Waals surface area contributed by atoms with Gasteiger partial charge in [-0.05, 0) is 56.5 Å². The lowest BCUT2D eigenvalue weighted by Crippen LogP contribution is -2.46. The molecule has 4 unspecified atom stereocenters. The summed E-state index contributed by atoms with van der Waals surface area (Å²) in [4.78, 5) is 2.69. The molecule has 0 aromatic rings. The highest BCUT2D eigenvalue weighted by Crippen LogP contribution is 2.36. The SMILES string of the molecule is CCCC1CCC(CN)C(N2CCC(CCO)C2)C1. The van der Waals surface area contributed by atoms with Gasteiger partial charge in [-0.25, -0.2) is 0 Å². The van der Waals surface area contributed by atoms with E-state index in [-0.39, 0.29) is 0 Å². The summed E-state index contributed by atoms with van der Waals surface area (Å²) >= 11 is 0. The van der Waals surface area contributed by atoms with E-state index in [1.54, 1.807) is 0 Å². The van der Waals surface area contributed by atoms with Crippen molar-refractivity contribution < 1.29 is 5.11 Å². The number of likely N-dealkylation sites (tertiary alicyclic amines) is 1. The van der Waals surface area contributed by atoms with Gasteiger partial charge in [0.2, 0.25) is 0 Å². The second-order valence-corrected chi connectivity index (χ2v) is 6.69. The van der Waals surface area contributed by atoms with Crippen molar-refractivity contribution in [3.05, 3.63) is 0 Å². The van der Waals surface area contributed by atoms with Crippen LogP contribution in [0, 0.1) is 17.8 Å². The van der Waals surface area contributed by atoms with E-state index in [0.717, 1.165) is 30.8 Å². The van der Waals surface area contributed by atoms with Crippen molar-refractivity contribution in [1.29, 1.82) is 0 Å². The largest absolute Gasteiger partial charge is 0.396 e. The minimum Gasteiger partial charge on any atom is -0.396 e. The first kappa shape index (κ1) is 15.3. The number of nitrogens with zero attached hydrogens (tertiary/aromatic N) is 1. The van der Waals surface area contributed by atoms with Crippen molar-refractivity contribution in [3.8, 4) is 0 Å². The number of nitrogens with two attached hydrogens (primary N) is 1. The average Bonchev–Trinajstić information content (AvgIpc) is 2.88. The van der Waals surface area contributed by atoms with E-state index in [4.69, 9.17) is 10.8 Å². The third-order valence-electron chi connectivity index (χ3n) is 5.39. The van der Waals surface area contributed by atoms with Crippen LogP contribution in [0.15, 0.2) is 0 Å². The number of rotatable bonds is 6. The molecule has 1 aliphatic carbocycles. The zero-order valence-electron chi connectivity index (χ0n) is 12.6. The highest BCUT2D eigenvalue weighted by Gasteiger charge is 2.36. The number of hydrogen-bond acceptors (Lipinski definition) is 3. The highest BCUT2D eigenvalue weighted by molar-refractivity contribution is 4.90. The van der Waals surface area contributed by atoms with E-state index in [1.807, 2.05) is 0 Å². The van der Waals surface area contributed by atoms with Crippen molar-refractivity contribution in [3.63, 3.8) is 0 Å². The number of aliphatic hydroxyl groups excluding tert-OH is 1. The molecule has 3 nitrogen and oxygen atoms in total. The first-order chi connectivity index (χ1) is 9.28. The van der Waals surface area contributed by atoms with E-state index in [9.17, 15) is 0 Å².